The number of hydrogen-bond acceptors (Lipinski definition) is 3. The molecule has 1 aromatic heterocycles. The molecule has 2 aromatic carbocycles. The van der Waals surface area contributed by atoms with Crippen molar-refractivity contribution in [1.29, 1.82) is 0 Å². The van der Waals surface area contributed by atoms with E-state index in [4.69, 9.17) is 9.72 Å². The molecular weight excluding hydrogens is 300 g/mol. The first-order chi connectivity index (χ1) is 11.6. The lowest BCUT2D eigenvalue weighted by atomic mass is 10.1. The minimum absolute atomic E-state index is 0.187. The Morgan fingerprint density at radius 2 is 1.79 bits per heavy atom. The predicted octanol–water partition coefficient (Wildman–Crippen LogP) is 3.63. The van der Waals surface area contributed by atoms with E-state index in [-0.39, 0.29) is 6.61 Å². The molecule has 0 aliphatic heterocycles. The number of rotatable bonds is 6. The van der Waals surface area contributed by atoms with Crippen LogP contribution in [0.4, 0.5) is 0 Å². The van der Waals surface area contributed by atoms with E-state index in [1.54, 1.807) is 7.11 Å². The van der Waals surface area contributed by atoms with Crippen molar-refractivity contribution >= 4 is 11.0 Å². The summed E-state index contributed by atoms with van der Waals surface area (Å²) < 4.78 is 7.46. The van der Waals surface area contributed by atoms with E-state index >= 15 is 0 Å². The molecular formula is C20H24N2O2. The molecule has 0 saturated heterocycles. The van der Waals surface area contributed by atoms with Gasteiger partial charge in [0.1, 0.15) is 11.6 Å². The molecule has 0 radical (unpaired) electrons. The van der Waals surface area contributed by atoms with E-state index in [9.17, 15) is 5.11 Å². The molecule has 4 heteroatoms. The van der Waals surface area contributed by atoms with Crippen molar-refractivity contribution in [3.63, 3.8) is 0 Å². The average Bonchev–Trinajstić information content (AvgIpc) is 2.90. The van der Waals surface area contributed by atoms with Crippen LogP contribution in [0.15, 0.2) is 36.4 Å². The summed E-state index contributed by atoms with van der Waals surface area (Å²) in [4.78, 5) is 4.86. The molecule has 0 atom stereocenters. The second-order valence-electron chi connectivity index (χ2n) is 6.21. The van der Waals surface area contributed by atoms with Crippen LogP contribution in [-0.4, -0.2) is 28.4 Å². The third kappa shape index (κ3) is 3.29. The summed E-state index contributed by atoms with van der Waals surface area (Å²) in [6.45, 7) is 5.21. The van der Waals surface area contributed by atoms with Gasteiger partial charge in [-0.1, -0.05) is 12.1 Å². The van der Waals surface area contributed by atoms with Crippen LogP contribution in [-0.2, 0) is 13.0 Å². The fraction of sp³-hybridized carbons (Fsp3) is 0.350. The smallest absolute Gasteiger partial charge is 0.118 e. The molecule has 3 aromatic rings. The molecule has 24 heavy (non-hydrogen) atoms. The van der Waals surface area contributed by atoms with Crippen LogP contribution in [0.5, 0.6) is 5.75 Å². The van der Waals surface area contributed by atoms with Gasteiger partial charge in [-0.25, -0.2) is 4.98 Å². The molecule has 0 aliphatic carbocycles. The largest absolute Gasteiger partial charge is 0.497 e. The Kier molecular flexibility index (Phi) is 4.86. The minimum Gasteiger partial charge on any atom is -0.497 e. The van der Waals surface area contributed by atoms with Gasteiger partial charge in [-0.3, -0.25) is 0 Å². The van der Waals surface area contributed by atoms with E-state index in [2.05, 4.69) is 42.7 Å². The second-order valence-corrected chi connectivity index (χ2v) is 6.21. The van der Waals surface area contributed by atoms with E-state index < -0.39 is 0 Å². The van der Waals surface area contributed by atoms with Gasteiger partial charge in [-0.15, -0.1) is 0 Å². The van der Waals surface area contributed by atoms with Gasteiger partial charge in [-0.2, -0.15) is 0 Å². The molecule has 1 heterocycles. The Labute approximate surface area is 142 Å². The topological polar surface area (TPSA) is 47.3 Å². The van der Waals surface area contributed by atoms with Crippen molar-refractivity contribution < 1.29 is 9.84 Å². The highest BCUT2D eigenvalue weighted by Gasteiger charge is 2.12. The predicted molar refractivity (Wildman–Crippen MR) is 96.7 cm³/mol. The summed E-state index contributed by atoms with van der Waals surface area (Å²) in [5.74, 6) is 1.90. The Balaban J connectivity index is 2.00. The normalized spacial score (nSPS) is 11.2. The van der Waals surface area contributed by atoms with Crippen molar-refractivity contribution in [3.8, 4) is 5.75 Å². The second kappa shape index (κ2) is 7.05. The van der Waals surface area contributed by atoms with E-state index in [1.165, 1.54) is 16.7 Å². The lowest BCUT2D eigenvalue weighted by molar-refractivity contribution is 0.280. The Morgan fingerprint density at radius 3 is 2.46 bits per heavy atom. The number of ether oxygens (including phenoxy) is 1. The van der Waals surface area contributed by atoms with Gasteiger partial charge in [0.2, 0.25) is 0 Å². The van der Waals surface area contributed by atoms with Crippen molar-refractivity contribution in [2.45, 2.75) is 33.2 Å². The van der Waals surface area contributed by atoms with Gasteiger partial charge in [0.25, 0.3) is 0 Å². The summed E-state index contributed by atoms with van der Waals surface area (Å²) in [6.07, 6.45) is 1.50. The van der Waals surface area contributed by atoms with Gasteiger partial charge in [0.15, 0.2) is 0 Å². The first-order valence-corrected chi connectivity index (χ1v) is 8.32. The number of hydrogen-bond donors (Lipinski definition) is 1. The number of nitrogens with zero attached hydrogens (tertiary/aromatic N) is 2. The van der Waals surface area contributed by atoms with Crippen LogP contribution in [0.25, 0.3) is 11.0 Å². The van der Waals surface area contributed by atoms with Gasteiger partial charge in [-0.05, 0) is 61.2 Å². The fourth-order valence-electron chi connectivity index (χ4n) is 2.97. The minimum atomic E-state index is 0.187. The fourth-order valence-corrected chi connectivity index (χ4v) is 2.97. The molecule has 0 bridgehead atoms. The molecule has 0 saturated carbocycles. The van der Waals surface area contributed by atoms with Crippen LogP contribution >= 0.6 is 0 Å². The zero-order valence-electron chi connectivity index (χ0n) is 14.5. The van der Waals surface area contributed by atoms with Crippen molar-refractivity contribution in [2.24, 2.45) is 0 Å². The number of aliphatic hydroxyl groups is 1. The maximum absolute atomic E-state index is 9.23. The molecule has 0 unspecified atom stereocenters. The van der Waals surface area contributed by atoms with E-state index in [1.807, 2.05) is 12.1 Å². The summed E-state index contributed by atoms with van der Waals surface area (Å²) in [5, 5.41) is 9.23. The van der Waals surface area contributed by atoms with Crippen LogP contribution in [0.3, 0.4) is 0 Å². The SMILES string of the molecule is COc1ccc(Cc2nc3cc(C)c(C)cc3n2CCCO)cc1. The van der Waals surface area contributed by atoms with Gasteiger partial charge in [0, 0.05) is 19.6 Å². The van der Waals surface area contributed by atoms with Crippen molar-refractivity contribution in [2.75, 3.05) is 13.7 Å². The van der Waals surface area contributed by atoms with Crippen LogP contribution in [0, 0.1) is 13.8 Å². The maximum Gasteiger partial charge on any atom is 0.118 e. The van der Waals surface area contributed by atoms with E-state index in [0.29, 0.717) is 0 Å². The third-order valence-corrected chi connectivity index (χ3v) is 4.50. The highest BCUT2D eigenvalue weighted by Crippen LogP contribution is 2.23. The van der Waals surface area contributed by atoms with Crippen molar-refractivity contribution in [3.05, 3.63) is 58.9 Å². The third-order valence-electron chi connectivity index (χ3n) is 4.50. The molecule has 0 aliphatic rings. The lowest BCUT2D eigenvalue weighted by Gasteiger charge is -2.09. The Morgan fingerprint density at radius 1 is 1.08 bits per heavy atom. The number of aromatic nitrogens is 2. The van der Waals surface area contributed by atoms with Gasteiger partial charge in [0.05, 0.1) is 18.1 Å². The Hall–Kier alpha value is -2.33. The molecule has 0 fully saturated rings. The first kappa shape index (κ1) is 16.5. The number of fused-ring (bicyclic) bond motifs is 1. The number of aliphatic hydroxyl groups excluding tert-OH is 1. The molecule has 0 spiro atoms. The average molecular weight is 324 g/mol. The summed E-state index contributed by atoms with van der Waals surface area (Å²) in [7, 11) is 1.67. The Bertz CT molecular complexity index is 835. The maximum atomic E-state index is 9.23. The van der Waals surface area contributed by atoms with Crippen LogP contribution < -0.4 is 4.74 Å². The molecule has 0 amide bonds. The number of imidazole rings is 1. The highest BCUT2D eigenvalue weighted by molar-refractivity contribution is 5.78. The summed E-state index contributed by atoms with van der Waals surface area (Å²) in [5.41, 5.74) is 5.90. The number of methoxy groups -OCH3 is 1. The number of benzene rings is 2. The van der Waals surface area contributed by atoms with Gasteiger partial charge < -0.3 is 14.4 Å². The van der Waals surface area contributed by atoms with Crippen LogP contribution in [0.2, 0.25) is 0 Å². The molecule has 4 nitrogen and oxygen atoms in total. The van der Waals surface area contributed by atoms with Crippen LogP contribution in [0.1, 0.15) is 28.9 Å². The summed E-state index contributed by atoms with van der Waals surface area (Å²) >= 11 is 0. The zero-order valence-corrected chi connectivity index (χ0v) is 14.5. The quantitative estimate of drug-likeness (QED) is 0.753. The molecule has 3 rings (SSSR count). The summed E-state index contributed by atoms with van der Waals surface area (Å²) in [6, 6.07) is 12.5. The highest BCUT2D eigenvalue weighted by atomic mass is 16.5. The zero-order chi connectivity index (χ0) is 17.1. The molecule has 1 N–H and O–H groups in total. The van der Waals surface area contributed by atoms with Crippen molar-refractivity contribution in [1.82, 2.24) is 9.55 Å². The standard InChI is InChI=1S/C20H24N2O2/c1-14-11-18-19(12-15(14)2)22(9-4-10-23)20(21-18)13-16-5-7-17(24-3)8-6-16/h5-8,11-12,23H,4,9-10,13H2,1-3H3. The monoisotopic (exact) mass is 324 g/mol. The lowest BCUT2D eigenvalue weighted by Crippen LogP contribution is -2.06. The molecule has 126 valence electrons. The van der Waals surface area contributed by atoms with E-state index in [0.717, 1.165) is 42.0 Å². The first-order valence-electron chi connectivity index (χ1n) is 8.32. The number of aryl methyl sites for hydroxylation is 3. The van der Waals surface area contributed by atoms with Gasteiger partial charge >= 0.3 is 0 Å².